The number of aryl methyl sites for hydroxylation is 1. The Morgan fingerprint density at radius 2 is 2.26 bits per heavy atom. The minimum absolute atomic E-state index is 0.166. The first-order valence-electron chi connectivity index (χ1n) is 5.76. The lowest BCUT2D eigenvalue weighted by atomic mass is 10.2. The number of rotatable bonds is 3. The van der Waals surface area contributed by atoms with Crippen molar-refractivity contribution in [3.8, 4) is 0 Å². The second-order valence-electron chi connectivity index (χ2n) is 4.28. The van der Waals surface area contributed by atoms with Crippen LogP contribution in [0.1, 0.15) is 34.0 Å². The van der Waals surface area contributed by atoms with E-state index in [2.05, 4.69) is 10.3 Å². The first-order valence-corrected chi connectivity index (χ1v) is 7.01. The van der Waals surface area contributed by atoms with E-state index in [4.69, 9.17) is 17.3 Å². The van der Waals surface area contributed by atoms with Crippen molar-refractivity contribution in [2.24, 2.45) is 5.73 Å². The van der Waals surface area contributed by atoms with Crippen molar-refractivity contribution in [3.05, 3.63) is 44.9 Å². The number of amides is 1. The van der Waals surface area contributed by atoms with Crippen LogP contribution in [0.5, 0.6) is 0 Å². The topological polar surface area (TPSA) is 68.0 Å². The minimum atomic E-state index is -0.261. The highest BCUT2D eigenvalue weighted by Crippen LogP contribution is 2.21. The van der Waals surface area contributed by atoms with E-state index in [0.717, 1.165) is 10.6 Å². The van der Waals surface area contributed by atoms with Gasteiger partial charge < -0.3 is 11.1 Å². The highest BCUT2D eigenvalue weighted by molar-refractivity contribution is 7.09. The molecule has 1 aromatic carbocycles. The largest absolute Gasteiger partial charge is 0.322 e. The van der Waals surface area contributed by atoms with Crippen molar-refractivity contribution in [2.45, 2.75) is 19.9 Å². The molecule has 1 unspecified atom stereocenters. The Labute approximate surface area is 120 Å². The summed E-state index contributed by atoms with van der Waals surface area (Å²) < 4.78 is 0. The Balaban J connectivity index is 2.13. The zero-order chi connectivity index (χ0) is 14.0. The monoisotopic (exact) mass is 295 g/mol. The van der Waals surface area contributed by atoms with Crippen molar-refractivity contribution in [2.75, 3.05) is 5.32 Å². The van der Waals surface area contributed by atoms with Gasteiger partial charge in [0.2, 0.25) is 0 Å². The summed E-state index contributed by atoms with van der Waals surface area (Å²) in [5, 5.41) is 5.82. The summed E-state index contributed by atoms with van der Waals surface area (Å²) in [6.45, 7) is 3.74. The number of anilines is 1. The summed E-state index contributed by atoms with van der Waals surface area (Å²) in [5.41, 5.74) is 7.70. The second-order valence-corrected chi connectivity index (χ2v) is 5.57. The number of carbonyl (C=O) groups excluding carboxylic acids is 1. The van der Waals surface area contributed by atoms with Gasteiger partial charge in [0, 0.05) is 16.1 Å². The van der Waals surface area contributed by atoms with E-state index in [1.165, 1.54) is 11.3 Å². The molecule has 2 rings (SSSR count). The van der Waals surface area contributed by atoms with Crippen LogP contribution in [0.4, 0.5) is 5.69 Å². The molecule has 0 saturated carbocycles. The average molecular weight is 296 g/mol. The Morgan fingerprint density at radius 1 is 1.53 bits per heavy atom. The lowest BCUT2D eigenvalue weighted by molar-refractivity contribution is 0.102. The van der Waals surface area contributed by atoms with Crippen molar-refractivity contribution < 1.29 is 4.79 Å². The molecule has 4 nitrogen and oxygen atoms in total. The molecule has 1 atom stereocenters. The van der Waals surface area contributed by atoms with Gasteiger partial charge in [0.25, 0.3) is 5.91 Å². The summed E-state index contributed by atoms with van der Waals surface area (Å²) in [6.07, 6.45) is 0. The van der Waals surface area contributed by atoms with E-state index in [1.807, 2.05) is 19.9 Å². The van der Waals surface area contributed by atoms with Crippen molar-refractivity contribution in [1.82, 2.24) is 4.98 Å². The maximum atomic E-state index is 12.0. The second kappa shape index (κ2) is 5.69. The first kappa shape index (κ1) is 14.0. The lowest BCUT2D eigenvalue weighted by Gasteiger charge is -2.05. The third-order valence-electron chi connectivity index (χ3n) is 2.57. The summed E-state index contributed by atoms with van der Waals surface area (Å²) in [6, 6.07) is 5.21. The number of carbonyl (C=O) groups is 1. The summed E-state index contributed by atoms with van der Waals surface area (Å²) >= 11 is 7.39. The molecule has 0 aliphatic rings. The van der Waals surface area contributed by atoms with E-state index in [1.54, 1.807) is 17.5 Å². The van der Waals surface area contributed by atoms with Crippen molar-refractivity contribution in [1.29, 1.82) is 0 Å². The first-order chi connectivity index (χ1) is 8.97. The van der Waals surface area contributed by atoms with Crippen molar-refractivity contribution >= 4 is 34.5 Å². The van der Waals surface area contributed by atoms with E-state index in [9.17, 15) is 4.79 Å². The van der Waals surface area contributed by atoms with Gasteiger partial charge in [0.05, 0.1) is 6.04 Å². The molecule has 0 aliphatic carbocycles. The number of benzene rings is 1. The quantitative estimate of drug-likeness (QED) is 0.912. The van der Waals surface area contributed by atoms with Crippen molar-refractivity contribution in [3.63, 3.8) is 0 Å². The molecule has 0 bridgehead atoms. The summed E-state index contributed by atoms with van der Waals surface area (Å²) in [5.74, 6) is -0.261. The molecule has 1 aromatic heterocycles. The molecule has 1 heterocycles. The zero-order valence-corrected chi connectivity index (χ0v) is 12.2. The van der Waals surface area contributed by atoms with Gasteiger partial charge in [-0.25, -0.2) is 4.98 Å². The van der Waals surface area contributed by atoms with Gasteiger partial charge in [0.1, 0.15) is 10.7 Å². The maximum Gasteiger partial charge on any atom is 0.275 e. The van der Waals surface area contributed by atoms with E-state index < -0.39 is 0 Å². The SMILES string of the molecule is Cc1ccc(NC(=O)c2csc(C(C)N)n2)cc1Cl. The number of nitrogens with zero attached hydrogens (tertiary/aromatic N) is 1. The molecule has 0 fully saturated rings. The van der Waals surface area contributed by atoms with E-state index >= 15 is 0 Å². The van der Waals surface area contributed by atoms with Crippen LogP contribution in [-0.2, 0) is 0 Å². The van der Waals surface area contributed by atoms with E-state index in [-0.39, 0.29) is 11.9 Å². The molecule has 6 heteroatoms. The van der Waals surface area contributed by atoms with Crippen LogP contribution in [0.3, 0.4) is 0 Å². The highest BCUT2D eigenvalue weighted by atomic mass is 35.5. The molecular weight excluding hydrogens is 282 g/mol. The van der Waals surface area contributed by atoms with Gasteiger partial charge in [-0.05, 0) is 31.5 Å². The fourth-order valence-electron chi connectivity index (χ4n) is 1.47. The number of hydrogen-bond acceptors (Lipinski definition) is 4. The van der Waals surface area contributed by atoms with Gasteiger partial charge in [-0.1, -0.05) is 17.7 Å². The number of thiazole rings is 1. The van der Waals surface area contributed by atoms with Gasteiger partial charge in [-0.3, -0.25) is 4.79 Å². The van der Waals surface area contributed by atoms with Gasteiger partial charge >= 0.3 is 0 Å². The van der Waals surface area contributed by atoms with Crippen LogP contribution < -0.4 is 11.1 Å². The molecule has 0 saturated heterocycles. The molecule has 100 valence electrons. The fraction of sp³-hybridized carbons (Fsp3) is 0.231. The van der Waals surface area contributed by atoms with Crippen LogP contribution in [-0.4, -0.2) is 10.9 Å². The normalized spacial score (nSPS) is 12.2. The average Bonchev–Trinajstić information content (AvgIpc) is 2.83. The highest BCUT2D eigenvalue weighted by Gasteiger charge is 2.13. The molecule has 0 spiro atoms. The van der Waals surface area contributed by atoms with Gasteiger partial charge in [0.15, 0.2) is 0 Å². The zero-order valence-electron chi connectivity index (χ0n) is 10.6. The molecule has 3 N–H and O–H groups in total. The Bertz CT molecular complexity index is 610. The predicted molar refractivity (Wildman–Crippen MR) is 78.9 cm³/mol. The Morgan fingerprint density at radius 3 is 2.84 bits per heavy atom. The number of hydrogen-bond donors (Lipinski definition) is 2. The van der Waals surface area contributed by atoms with Crippen LogP contribution in [0.25, 0.3) is 0 Å². The number of aromatic nitrogens is 1. The predicted octanol–water partition coefficient (Wildman–Crippen LogP) is 3.38. The van der Waals surface area contributed by atoms with Crippen LogP contribution in [0.15, 0.2) is 23.6 Å². The molecule has 1 amide bonds. The molecule has 2 aromatic rings. The summed E-state index contributed by atoms with van der Waals surface area (Å²) in [7, 11) is 0. The minimum Gasteiger partial charge on any atom is -0.322 e. The molecule has 0 aliphatic heterocycles. The van der Waals surface area contributed by atoms with Crippen LogP contribution in [0, 0.1) is 6.92 Å². The molecule has 19 heavy (non-hydrogen) atoms. The van der Waals surface area contributed by atoms with E-state index in [0.29, 0.717) is 16.4 Å². The molecular formula is C13H14ClN3OS. The summed E-state index contributed by atoms with van der Waals surface area (Å²) in [4.78, 5) is 16.2. The third kappa shape index (κ3) is 3.32. The van der Waals surface area contributed by atoms with Gasteiger partial charge in [-0.15, -0.1) is 11.3 Å². The Kier molecular flexibility index (Phi) is 4.19. The molecule has 0 radical (unpaired) electrons. The fourth-order valence-corrected chi connectivity index (χ4v) is 2.41. The lowest BCUT2D eigenvalue weighted by Crippen LogP contribution is -2.13. The number of nitrogens with two attached hydrogens (primary N) is 1. The number of halogens is 1. The number of nitrogens with one attached hydrogen (secondary N) is 1. The van der Waals surface area contributed by atoms with Crippen LogP contribution in [0.2, 0.25) is 5.02 Å². The smallest absolute Gasteiger partial charge is 0.275 e. The van der Waals surface area contributed by atoms with Gasteiger partial charge in [-0.2, -0.15) is 0 Å². The standard InChI is InChI=1S/C13H14ClN3OS/c1-7-3-4-9(5-10(7)14)16-12(18)11-6-19-13(17-11)8(2)15/h3-6,8H,15H2,1-2H3,(H,16,18). The Hall–Kier alpha value is -1.43. The maximum absolute atomic E-state index is 12.0. The van der Waals surface area contributed by atoms with Crippen LogP contribution >= 0.6 is 22.9 Å². The third-order valence-corrected chi connectivity index (χ3v) is 4.03.